The van der Waals surface area contributed by atoms with Crippen molar-refractivity contribution < 1.29 is 23.0 Å². The second kappa shape index (κ2) is 7.41. The fourth-order valence-corrected chi connectivity index (χ4v) is 2.37. The van der Waals surface area contributed by atoms with Crippen LogP contribution in [-0.2, 0) is 6.18 Å². The molecule has 0 aliphatic heterocycles. The van der Waals surface area contributed by atoms with Crippen molar-refractivity contribution in [3.05, 3.63) is 35.7 Å². The number of nitrogens with zero attached hydrogens (tertiary/aromatic N) is 4. The number of halogens is 3. The first-order valence-electron chi connectivity index (χ1n) is 6.52. The van der Waals surface area contributed by atoms with Crippen LogP contribution in [0, 0.1) is 11.3 Å². The molecule has 2 rings (SSSR count). The molecule has 1 unspecified atom stereocenters. The fourth-order valence-electron chi connectivity index (χ4n) is 1.61. The van der Waals surface area contributed by atoms with Crippen molar-refractivity contribution in [3.63, 3.8) is 0 Å². The average molecular weight is 359 g/mol. The first kappa shape index (κ1) is 17.9. The van der Waals surface area contributed by atoms with Crippen molar-refractivity contribution in [2.24, 2.45) is 0 Å². The molecule has 7 nitrogen and oxygen atoms in total. The summed E-state index contributed by atoms with van der Waals surface area (Å²) in [5, 5.41) is 24.6. The van der Waals surface area contributed by atoms with Gasteiger partial charge in [0, 0.05) is 5.75 Å². The molecule has 0 fully saturated rings. The van der Waals surface area contributed by atoms with Crippen LogP contribution in [0.15, 0.2) is 29.4 Å². The number of benzene rings is 1. The van der Waals surface area contributed by atoms with E-state index in [1.54, 1.807) is 24.3 Å². The molecule has 1 aromatic heterocycles. The van der Waals surface area contributed by atoms with E-state index in [0.717, 1.165) is 11.8 Å². The molecule has 0 bridgehead atoms. The highest BCUT2D eigenvalue weighted by Gasteiger charge is 2.38. The third-order valence-corrected chi connectivity index (χ3v) is 3.84. The van der Waals surface area contributed by atoms with E-state index in [1.807, 2.05) is 6.07 Å². The van der Waals surface area contributed by atoms with Gasteiger partial charge < -0.3 is 15.7 Å². The number of nitriles is 1. The highest BCUT2D eigenvalue weighted by Crippen LogP contribution is 2.29. The molecule has 2 aromatic rings. The first-order chi connectivity index (χ1) is 11.3. The van der Waals surface area contributed by atoms with Crippen LogP contribution < -0.4 is 10.6 Å². The van der Waals surface area contributed by atoms with Crippen molar-refractivity contribution in [1.82, 2.24) is 14.9 Å². The molecule has 0 aliphatic carbocycles. The second-order valence-corrected chi connectivity index (χ2v) is 5.57. The van der Waals surface area contributed by atoms with E-state index in [-0.39, 0.29) is 17.5 Å². The van der Waals surface area contributed by atoms with Crippen LogP contribution in [0.1, 0.15) is 11.4 Å². The maximum atomic E-state index is 12.5. The molecular formula is C13H12F3N5O2S. The second-order valence-electron chi connectivity index (χ2n) is 4.59. The van der Waals surface area contributed by atoms with Gasteiger partial charge in [-0.15, -0.1) is 10.2 Å². The first-order valence-corrected chi connectivity index (χ1v) is 7.51. The summed E-state index contributed by atoms with van der Waals surface area (Å²) in [5.41, 5.74) is 0.473. The predicted octanol–water partition coefficient (Wildman–Crippen LogP) is 1.41. The van der Waals surface area contributed by atoms with Gasteiger partial charge in [-0.2, -0.15) is 18.4 Å². The van der Waals surface area contributed by atoms with Gasteiger partial charge in [0.15, 0.2) is 0 Å². The molecule has 0 saturated carbocycles. The quantitative estimate of drug-likeness (QED) is 0.593. The standard InChI is InChI=1S/C13H12F3N5O2S/c14-13(15,16)11-19-20-12(21(11)18)24-7-9(22)6-23-10-3-1-8(5-17)2-4-10/h1-4,9,22H,6-7,18H2. The van der Waals surface area contributed by atoms with Gasteiger partial charge in [-0.25, -0.2) is 4.68 Å². The highest BCUT2D eigenvalue weighted by atomic mass is 32.2. The van der Waals surface area contributed by atoms with Crippen molar-refractivity contribution in [2.45, 2.75) is 17.4 Å². The number of aliphatic hydroxyl groups is 1. The van der Waals surface area contributed by atoms with Crippen LogP contribution in [0.5, 0.6) is 5.75 Å². The molecule has 0 aliphatic rings. The summed E-state index contributed by atoms with van der Waals surface area (Å²) in [7, 11) is 0. The third kappa shape index (κ3) is 4.53. The molecule has 24 heavy (non-hydrogen) atoms. The van der Waals surface area contributed by atoms with Crippen molar-refractivity contribution in [1.29, 1.82) is 5.26 Å². The SMILES string of the molecule is N#Cc1ccc(OCC(O)CSc2nnc(C(F)(F)F)n2N)cc1. The molecule has 128 valence electrons. The Morgan fingerprint density at radius 2 is 2.00 bits per heavy atom. The average Bonchev–Trinajstić information content (AvgIpc) is 2.92. The number of aromatic nitrogens is 3. The maximum absolute atomic E-state index is 12.5. The monoisotopic (exact) mass is 359 g/mol. The Morgan fingerprint density at radius 1 is 1.33 bits per heavy atom. The van der Waals surface area contributed by atoms with Crippen molar-refractivity contribution in [2.75, 3.05) is 18.2 Å². The van der Waals surface area contributed by atoms with Crippen LogP contribution in [-0.4, -0.2) is 38.4 Å². The van der Waals surface area contributed by atoms with E-state index in [1.165, 1.54) is 0 Å². The summed E-state index contributed by atoms with van der Waals surface area (Å²) in [6.07, 6.45) is -5.66. The van der Waals surface area contributed by atoms with Gasteiger partial charge in [0.1, 0.15) is 12.4 Å². The lowest BCUT2D eigenvalue weighted by atomic mass is 10.2. The zero-order chi connectivity index (χ0) is 17.7. The van der Waals surface area contributed by atoms with E-state index in [2.05, 4.69) is 10.2 Å². The van der Waals surface area contributed by atoms with Crippen LogP contribution in [0.3, 0.4) is 0 Å². The topological polar surface area (TPSA) is 110 Å². The molecule has 1 atom stereocenters. The number of ether oxygens (including phenoxy) is 1. The normalized spacial score (nSPS) is 12.6. The Balaban J connectivity index is 1.84. The maximum Gasteiger partial charge on any atom is 0.453 e. The molecule has 0 spiro atoms. The highest BCUT2D eigenvalue weighted by molar-refractivity contribution is 7.99. The minimum absolute atomic E-state index is 0.0173. The summed E-state index contributed by atoms with van der Waals surface area (Å²) in [4.78, 5) is 0. The van der Waals surface area contributed by atoms with Crippen LogP contribution in [0.2, 0.25) is 0 Å². The molecule has 1 heterocycles. The van der Waals surface area contributed by atoms with Crippen molar-refractivity contribution in [3.8, 4) is 11.8 Å². The van der Waals surface area contributed by atoms with E-state index < -0.39 is 18.1 Å². The molecule has 0 saturated heterocycles. The van der Waals surface area contributed by atoms with Gasteiger partial charge in [0.05, 0.1) is 17.7 Å². The predicted molar refractivity (Wildman–Crippen MR) is 78.6 cm³/mol. The number of hydrogen-bond acceptors (Lipinski definition) is 7. The van der Waals surface area contributed by atoms with Crippen LogP contribution >= 0.6 is 11.8 Å². The largest absolute Gasteiger partial charge is 0.491 e. The molecule has 1 aromatic carbocycles. The lowest BCUT2D eigenvalue weighted by Crippen LogP contribution is -2.23. The lowest BCUT2D eigenvalue weighted by molar-refractivity contribution is -0.146. The minimum Gasteiger partial charge on any atom is -0.491 e. The summed E-state index contributed by atoms with van der Waals surface area (Å²) in [6.45, 7) is -0.0796. The van der Waals surface area contributed by atoms with E-state index in [0.29, 0.717) is 16.0 Å². The van der Waals surface area contributed by atoms with Gasteiger partial charge in [0.25, 0.3) is 5.82 Å². The fraction of sp³-hybridized carbons (Fsp3) is 0.308. The summed E-state index contributed by atoms with van der Waals surface area (Å²) in [6, 6.07) is 8.23. The third-order valence-electron chi connectivity index (χ3n) is 2.75. The number of nitrogen functional groups attached to an aromatic ring is 1. The number of rotatable bonds is 6. The number of alkyl halides is 3. The van der Waals surface area contributed by atoms with Crippen molar-refractivity contribution >= 4 is 11.8 Å². The van der Waals surface area contributed by atoms with Gasteiger partial charge in [-0.3, -0.25) is 0 Å². The summed E-state index contributed by atoms with van der Waals surface area (Å²) in [5.74, 6) is 4.44. The smallest absolute Gasteiger partial charge is 0.453 e. The Bertz CT molecular complexity index is 727. The summed E-state index contributed by atoms with van der Waals surface area (Å²) >= 11 is 0.825. The molecule has 3 N–H and O–H groups in total. The van der Waals surface area contributed by atoms with Gasteiger partial charge in [0.2, 0.25) is 5.16 Å². The Hall–Kier alpha value is -2.45. The van der Waals surface area contributed by atoms with Gasteiger partial charge >= 0.3 is 6.18 Å². The Kier molecular flexibility index (Phi) is 5.53. The van der Waals surface area contributed by atoms with Crippen LogP contribution in [0.25, 0.3) is 0 Å². The zero-order valence-corrected chi connectivity index (χ0v) is 12.9. The Morgan fingerprint density at radius 3 is 2.54 bits per heavy atom. The van der Waals surface area contributed by atoms with E-state index >= 15 is 0 Å². The minimum atomic E-state index is -4.70. The number of aliphatic hydroxyl groups excluding tert-OH is 1. The number of hydrogen-bond donors (Lipinski definition) is 2. The Labute approximate surface area is 138 Å². The molecular weight excluding hydrogens is 347 g/mol. The molecule has 0 radical (unpaired) electrons. The lowest BCUT2D eigenvalue weighted by Gasteiger charge is -2.12. The number of thioether (sulfide) groups is 1. The number of nitrogens with two attached hydrogens (primary N) is 1. The zero-order valence-electron chi connectivity index (χ0n) is 12.1. The van der Waals surface area contributed by atoms with Crippen LogP contribution in [0.4, 0.5) is 13.2 Å². The van der Waals surface area contributed by atoms with Gasteiger partial charge in [-0.1, -0.05) is 11.8 Å². The molecule has 0 amide bonds. The van der Waals surface area contributed by atoms with E-state index in [9.17, 15) is 18.3 Å². The molecule has 11 heteroatoms. The van der Waals surface area contributed by atoms with E-state index in [4.69, 9.17) is 15.8 Å². The van der Waals surface area contributed by atoms with Gasteiger partial charge in [-0.05, 0) is 24.3 Å². The summed E-state index contributed by atoms with van der Waals surface area (Å²) < 4.78 is 43.2.